The van der Waals surface area contributed by atoms with Crippen molar-refractivity contribution in [1.29, 1.82) is 0 Å². The zero-order chi connectivity index (χ0) is 29.6. The van der Waals surface area contributed by atoms with E-state index in [4.69, 9.17) is 24.4 Å². The average Bonchev–Trinajstić information content (AvgIpc) is 3.02. The maximum atomic E-state index is 12.7. The van der Waals surface area contributed by atoms with Crippen molar-refractivity contribution in [2.75, 3.05) is 13.2 Å². The van der Waals surface area contributed by atoms with Crippen LogP contribution in [-0.4, -0.2) is 56.4 Å². The highest BCUT2D eigenvalue weighted by Crippen LogP contribution is 2.36. The number of carbonyl (C=O) groups is 2. The first-order valence-corrected chi connectivity index (χ1v) is 13.1. The third-order valence-electron chi connectivity index (χ3n) is 6.32. The number of carbonyl (C=O) groups excluding carboxylic acids is 2. The van der Waals surface area contributed by atoms with Gasteiger partial charge in [0.2, 0.25) is 0 Å². The van der Waals surface area contributed by atoms with Crippen LogP contribution in [0.5, 0.6) is 5.75 Å². The summed E-state index contributed by atoms with van der Waals surface area (Å²) in [5, 5.41) is 22.2. The Morgan fingerprint density at radius 2 is 1.36 bits per heavy atom. The summed E-state index contributed by atoms with van der Waals surface area (Å²) in [5.41, 5.74) is 2.40. The summed E-state index contributed by atoms with van der Waals surface area (Å²) in [6.45, 7) is 4.26. The van der Waals surface area contributed by atoms with E-state index in [-0.39, 0.29) is 35.9 Å². The number of nitrogens with zero attached hydrogens (tertiary/aromatic N) is 3. The number of esters is 2. The standard InChI is InChI=1S/C33H27N3O6/c1-20(2)32(39)41-18-25(37)19-42-33(40)24-13-15-26-23(17-24)14-16-27(38)28(26)31-35-29(21-9-5-3-6-10-21)34-30(36-31)22-11-7-4-8-12-22/h3-17,25,37-38H,1,18-19H2,2H3. The Balaban J connectivity index is 1.47. The molecule has 9 nitrogen and oxygen atoms in total. The molecule has 0 aliphatic rings. The lowest BCUT2D eigenvalue weighted by molar-refractivity contribution is -0.142. The summed E-state index contributed by atoms with van der Waals surface area (Å²) >= 11 is 0. The van der Waals surface area contributed by atoms with Gasteiger partial charge in [0.1, 0.15) is 25.1 Å². The number of fused-ring (bicyclic) bond motifs is 1. The fraction of sp³-hybridized carbons (Fsp3) is 0.121. The summed E-state index contributed by atoms with van der Waals surface area (Å²) in [5.74, 6) is -0.177. The van der Waals surface area contributed by atoms with E-state index in [1.165, 1.54) is 13.0 Å². The van der Waals surface area contributed by atoms with Crippen molar-refractivity contribution in [1.82, 2.24) is 15.0 Å². The fourth-order valence-electron chi connectivity index (χ4n) is 4.20. The van der Waals surface area contributed by atoms with Crippen molar-refractivity contribution >= 4 is 22.7 Å². The number of aliphatic hydroxyl groups is 1. The zero-order valence-electron chi connectivity index (χ0n) is 22.7. The molecule has 2 N–H and O–H groups in total. The molecule has 1 heterocycles. The normalized spacial score (nSPS) is 11.6. The van der Waals surface area contributed by atoms with Gasteiger partial charge >= 0.3 is 11.9 Å². The van der Waals surface area contributed by atoms with Crippen LogP contribution in [0.15, 0.2) is 103 Å². The molecule has 210 valence electrons. The minimum absolute atomic E-state index is 0.0329. The van der Waals surface area contributed by atoms with Gasteiger partial charge in [-0.1, -0.05) is 79.4 Å². The molecule has 1 atom stereocenters. The number of phenolic OH excluding ortho intramolecular Hbond substituents is 1. The first-order valence-electron chi connectivity index (χ1n) is 13.1. The van der Waals surface area contributed by atoms with Gasteiger partial charge in [0.15, 0.2) is 17.5 Å². The largest absolute Gasteiger partial charge is 0.507 e. The summed E-state index contributed by atoms with van der Waals surface area (Å²) in [7, 11) is 0. The average molecular weight is 562 g/mol. The van der Waals surface area contributed by atoms with Crippen LogP contribution in [0.25, 0.3) is 44.9 Å². The van der Waals surface area contributed by atoms with E-state index in [9.17, 15) is 19.8 Å². The number of rotatable bonds is 9. The second-order valence-corrected chi connectivity index (χ2v) is 9.56. The number of hydrogen-bond acceptors (Lipinski definition) is 9. The molecule has 5 aromatic rings. The molecule has 0 spiro atoms. The lowest BCUT2D eigenvalue weighted by atomic mass is 10.0. The Kier molecular flexibility index (Phi) is 8.31. The third kappa shape index (κ3) is 6.32. The monoisotopic (exact) mass is 561 g/mol. The predicted octanol–water partition coefficient (Wildman–Crippen LogP) is 5.37. The number of aliphatic hydroxyl groups excluding tert-OH is 1. The molecular formula is C33H27N3O6. The zero-order valence-corrected chi connectivity index (χ0v) is 22.7. The number of aromatic nitrogens is 3. The molecular weight excluding hydrogens is 534 g/mol. The lowest BCUT2D eigenvalue weighted by Crippen LogP contribution is -2.25. The van der Waals surface area contributed by atoms with Crippen LogP contribution in [-0.2, 0) is 14.3 Å². The Bertz CT molecular complexity index is 1720. The molecule has 5 rings (SSSR count). The highest BCUT2D eigenvalue weighted by atomic mass is 16.6. The lowest BCUT2D eigenvalue weighted by Gasteiger charge is -2.13. The molecule has 1 aromatic heterocycles. The Morgan fingerprint density at radius 3 is 1.95 bits per heavy atom. The van der Waals surface area contributed by atoms with Crippen LogP contribution in [0.1, 0.15) is 17.3 Å². The second kappa shape index (κ2) is 12.4. The summed E-state index contributed by atoms with van der Waals surface area (Å²) in [6, 6.07) is 27.0. The highest BCUT2D eigenvalue weighted by Gasteiger charge is 2.19. The van der Waals surface area contributed by atoms with E-state index < -0.39 is 18.0 Å². The van der Waals surface area contributed by atoms with Crippen molar-refractivity contribution in [3.8, 4) is 39.9 Å². The number of benzene rings is 4. The third-order valence-corrected chi connectivity index (χ3v) is 6.32. The van der Waals surface area contributed by atoms with Crippen molar-refractivity contribution in [3.63, 3.8) is 0 Å². The molecule has 9 heteroatoms. The van der Waals surface area contributed by atoms with Gasteiger partial charge < -0.3 is 19.7 Å². The number of hydrogen-bond donors (Lipinski definition) is 2. The number of aromatic hydroxyl groups is 1. The molecule has 0 bridgehead atoms. The molecule has 1 unspecified atom stereocenters. The molecule has 0 saturated carbocycles. The predicted molar refractivity (Wildman–Crippen MR) is 157 cm³/mol. The molecule has 0 aliphatic carbocycles. The summed E-state index contributed by atoms with van der Waals surface area (Å²) in [6.07, 6.45) is -1.19. The van der Waals surface area contributed by atoms with Gasteiger partial charge in [-0.25, -0.2) is 24.5 Å². The van der Waals surface area contributed by atoms with Crippen LogP contribution >= 0.6 is 0 Å². The van der Waals surface area contributed by atoms with Crippen LogP contribution in [0.2, 0.25) is 0 Å². The van der Waals surface area contributed by atoms with Gasteiger partial charge in [0, 0.05) is 16.7 Å². The van der Waals surface area contributed by atoms with Crippen LogP contribution in [0, 0.1) is 0 Å². The SMILES string of the molecule is C=C(C)C(=O)OCC(O)COC(=O)c1ccc2c(-c3nc(-c4ccccc4)nc(-c4ccccc4)n3)c(O)ccc2c1. The van der Waals surface area contributed by atoms with Gasteiger partial charge in [0.25, 0.3) is 0 Å². The van der Waals surface area contributed by atoms with Gasteiger partial charge in [-0.05, 0) is 35.9 Å². The summed E-state index contributed by atoms with van der Waals surface area (Å²) < 4.78 is 10.1. The number of ether oxygens (including phenoxy) is 2. The van der Waals surface area contributed by atoms with E-state index in [0.717, 1.165) is 11.1 Å². The van der Waals surface area contributed by atoms with Crippen LogP contribution in [0.3, 0.4) is 0 Å². The van der Waals surface area contributed by atoms with Crippen molar-refractivity contribution < 1.29 is 29.3 Å². The second-order valence-electron chi connectivity index (χ2n) is 9.56. The molecule has 0 radical (unpaired) electrons. The topological polar surface area (TPSA) is 132 Å². The Hall–Kier alpha value is -5.41. The molecule has 0 saturated heterocycles. The van der Waals surface area contributed by atoms with Crippen LogP contribution < -0.4 is 0 Å². The maximum absolute atomic E-state index is 12.7. The number of phenols is 1. The van der Waals surface area contributed by atoms with E-state index in [0.29, 0.717) is 28.0 Å². The van der Waals surface area contributed by atoms with Gasteiger partial charge in [0.05, 0.1) is 11.1 Å². The quantitative estimate of drug-likeness (QED) is 0.180. The van der Waals surface area contributed by atoms with Crippen molar-refractivity contribution in [2.24, 2.45) is 0 Å². The highest BCUT2D eigenvalue weighted by molar-refractivity contribution is 6.02. The van der Waals surface area contributed by atoms with Gasteiger partial charge in [-0.15, -0.1) is 0 Å². The van der Waals surface area contributed by atoms with E-state index in [1.807, 2.05) is 60.7 Å². The molecule has 0 fully saturated rings. The van der Waals surface area contributed by atoms with Crippen molar-refractivity contribution in [3.05, 3.63) is 109 Å². The van der Waals surface area contributed by atoms with Crippen LogP contribution in [0.4, 0.5) is 0 Å². The van der Waals surface area contributed by atoms with Gasteiger partial charge in [-0.2, -0.15) is 0 Å². The molecule has 4 aromatic carbocycles. The van der Waals surface area contributed by atoms with E-state index in [2.05, 4.69) is 6.58 Å². The van der Waals surface area contributed by atoms with Gasteiger partial charge in [-0.3, -0.25) is 0 Å². The van der Waals surface area contributed by atoms with E-state index >= 15 is 0 Å². The van der Waals surface area contributed by atoms with Crippen molar-refractivity contribution in [2.45, 2.75) is 13.0 Å². The van der Waals surface area contributed by atoms with E-state index in [1.54, 1.807) is 24.3 Å². The fourth-order valence-corrected chi connectivity index (χ4v) is 4.20. The molecule has 0 aliphatic heterocycles. The minimum Gasteiger partial charge on any atom is -0.507 e. The molecule has 0 amide bonds. The Labute approximate surface area is 241 Å². The smallest absolute Gasteiger partial charge is 0.338 e. The summed E-state index contributed by atoms with van der Waals surface area (Å²) in [4.78, 5) is 38.3. The first-order chi connectivity index (χ1) is 20.3. The Morgan fingerprint density at radius 1 is 0.786 bits per heavy atom. The minimum atomic E-state index is -1.19. The maximum Gasteiger partial charge on any atom is 0.338 e. The molecule has 42 heavy (non-hydrogen) atoms. The first kappa shape index (κ1) is 28.1.